The summed E-state index contributed by atoms with van der Waals surface area (Å²) < 4.78 is 11.2. The molecule has 2 saturated heterocycles. The Labute approximate surface area is 138 Å². The van der Waals surface area contributed by atoms with Gasteiger partial charge in [0.15, 0.2) is 5.60 Å². The van der Waals surface area contributed by atoms with E-state index in [1.165, 1.54) is 11.1 Å². The van der Waals surface area contributed by atoms with E-state index >= 15 is 0 Å². The molecular weight excluding hydrogens is 292 g/mol. The maximum absolute atomic E-state index is 12.8. The van der Waals surface area contributed by atoms with Crippen LogP contribution in [0.1, 0.15) is 18.1 Å². The number of hydrogen-bond acceptors (Lipinski definition) is 4. The monoisotopic (exact) mass is 318 g/mol. The van der Waals surface area contributed by atoms with Crippen LogP contribution in [-0.2, 0) is 20.8 Å². The molecule has 5 nitrogen and oxygen atoms in total. The first kappa shape index (κ1) is 16.4. The normalized spacial score (nSPS) is 26.3. The average molecular weight is 318 g/mol. The molecule has 0 radical (unpaired) electrons. The van der Waals surface area contributed by atoms with Gasteiger partial charge in [0.05, 0.1) is 19.8 Å². The second-order valence-corrected chi connectivity index (χ2v) is 6.68. The van der Waals surface area contributed by atoms with Crippen molar-refractivity contribution in [3.63, 3.8) is 0 Å². The van der Waals surface area contributed by atoms with Crippen LogP contribution in [0, 0.1) is 6.92 Å². The molecule has 0 saturated carbocycles. The van der Waals surface area contributed by atoms with Gasteiger partial charge in [-0.2, -0.15) is 0 Å². The van der Waals surface area contributed by atoms with Crippen molar-refractivity contribution < 1.29 is 14.3 Å². The second kappa shape index (κ2) is 6.99. The molecule has 0 N–H and O–H groups in total. The second-order valence-electron chi connectivity index (χ2n) is 6.68. The molecule has 2 aliphatic heterocycles. The lowest BCUT2D eigenvalue weighted by Crippen LogP contribution is -2.60. The van der Waals surface area contributed by atoms with E-state index in [0.717, 1.165) is 13.1 Å². The lowest BCUT2D eigenvalue weighted by molar-refractivity contribution is -0.171. The molecule has 1 aromatic rings. The molecule has 5 heteroatoms. The first-order valence-corrected chi connectivity index (χ1v) is 8.36. The highest BCUT2D eigenvalue weighted by Crippen LogP contribution is 2.23. The van der Waals surface area contributed by atoms with Crippen LogP contribution in [0.4, 0.5) is 0 Å². The van der Waals surface area contributed by atoms with Crippen LogP contribution in [-0.4, -0.2) is 67.3 Å². The number of carbonyl (C=O) groups is 1. The third kappa shape index (κ3) is 3.91. The maximum Gasteiger partial charge on any atom is 0.256 e. The van der Waals surface area contributed by atoms with Gasteiger partial charge in [0, 0.05) is 32.7 Å². The molecule has 2 fully saturated rings. The Kier molecular flexibility index (Phi) is 4.99. The molecule has 1 amide bonds. The predicted octanol–water partition coefficient (Wildman–Crippen LogP) is 1.44. The molecule has 2 aliphatic rings. The summed E-state index contributed by atoms with van der Waals surface area (Å²) in [5, 5.41) is 0. The van der Waals surface area contributed by atoms with Gasteiger partial charge < -0.3 is 14.4 Å². The number of benzene rings is 1. The van der Waals surface area contributed by atoms with Crippen molar-refractivity contribution in [1.29, 1.82) is 0 Å². The highest BCUT2D eigenvalue weighted by molar-refractivity contribution is 5.85. The zero-order chi connectivity index (χ0) is 16.3. The highest BCUT2D eigenvalue weighted by atomic mass is 16.5. The molecule has 0 unspecified atom stereocenters. The van der Waals surface area contributed by atoms with E-state index in [0.29, 0.717) is 39.5 Å². The summed E-state index contributed by atoms with van der Waals surface area (Å²) in [7, 11) is 0. The Morgan fingerprint density at radius 1 is 1.22 bits per heavy atom. The van der Waals surface area contributed by atoms with Gasteiger partial charge >= 0.3 is 0 Å². The summed E-state index contributed by atoms with van der Waals surface area (Å²) in [4.78, 5) is 17.0. The van der Waals surface area contributed by atoms with Gasteiger partial charge in [0.2, 0.25) is 0 Å². The predicted molar refractivity (Wildman–Crippen MR) is 88.2 cm³/mol. The first-order chi connectivity index (χ1) is 11.1. The van der Waals surface area contributed by atoms with Crippen molar-refractivity contribution in [3.05, 3.63) is 35.4 Å². The van der Waals surface area contributed by atoms with Crippen molar-refractivity contribution in [2.45, 2.75) is 26.0 Å². The zero-order valence-electron chi connectivity index (χ0n) is 14.1. The number of carbonyl (C=O) groups excluding carboxylic acids is 1. The third-order valence-electron chi connectivity index (χ3n) is 4.59. The van der Waals surface area contributed by atoms with Crippen molar-refractivity contribution >= 4 is 5.91 Å². The number of rotatable bonds is 3. The van der Waals surface area contributed by atoms with E-state index < -0.39 is 5.60 Å². The molecule has 0 bridgehead atoms. The fourth-order valence-corrected chi connectivity index (χ4v) is 3.39. The molecule has 0 aliphatic carbocycles. The van der Waals surface area contributed by atoms with Gasteiger partial charge in [-0.3, -0.25) is 9.69 Å². The van der Waals surface area contributed by atoms with Gasteiger partial charge in [0.25, 0.3) is 5.91 Å². The fraction of sp³-hybridized carbons (Fsp3) is 0.611. The molecule has 23 heavy (non-hydrogen) atoms. The molecule has 1 atom stereocenters. The van der Waals surface area contributed by atoms with Crippen LogP contribution >= 0.6 is 0 Å². The molecule has 3 rings (SSSR count). The summed E-state index contributed by atoms with van der Waals surface area (Å²) >= 11 is 0. The van der Waals surface area contributed by atoms with Gasteiger partial charge in [-0.25, -0.2) is 0 Å². The summed E-state index contributed by atoms with van der Waals surface area (Å²) in [6.45, 7) is 9.55. The molecule has 2 heterocycles. The SMILES string of the molecule is Cc1cccc(CN2CCO[C@@](C)(C(=O)N3CCOCC3)C2)c1. The standard InChI is InChI=1S/C18H26N2O3/c1-15-4-3-5-16(12-15)13-19-6-11-23-18(2,14-19)17(21)20-7-9-22-10-8-20/h3-5,12H,6-11,13-14H2,1-2H3/t18-/m1/s1. The minimum atomic E-state index is -0.751. The lowest BCUT2D eigenvalue weighted by atomic mass is 10.0. The van der Waals surface area contributed by atoms with E-state index in [9.17, 15) is 4.79 Å². The zero-order valence-corrected chi connectivity index (χ0v) is 14.1. The molecular formula is C18H26N2O3. The topological polar surface area (TPSA) is 42.0 Å². The van der Waals surface area contributed by atoms with Crippen LogP contribution in [0.2, 0.25) is 0 Å². The molecule has 126 valence electrons. The van der Waals surface area contributed by atoms with E-state index in [2.05, 4.69) is 36.1 Å². The Morgan fingerprint density at radius 3 is 2.74 bits per heavy atom. The van der Waals surface area contributed by atoms with Crippen molar-refractivity contribution in [3.8, 4) is 0 Å². The summed E-state index contributed by atoms with van der Waals surface area (Å²) in [5.41, 5.74) is 1.80. The van der Waals surface area contributed by atoms with Crippen molar-refractivity contribution in [2.75, 3.05) is 46.0 Å². The number of ether oxygens (including phenoxy) is 2. The van der Waals surface area contributed by atoms with Crippen LogP contribution in [0.3, 0.4) is 0 Å². The largest absolute Gasteiger partial charge is 0.378 e. The van der Waals surface area contributed by atoms with Gasteiger partial charge in [-0.1, -0.05) is 29.8 Å². The Balaban J connectivity index is 1.65. The highest BCUT2D eigenvalue weighted by Gasteiger charge is 2.42. The third-order valence-corrected chi connectivity index (χ3v) is 4.59. The van der Waals surface area contributed by atoms with Gasteiger partial charge in [-0.05, 0) is 19.4 Å². The van der Waals surface area contributed by atoms with Crippen LogP contribution < -0.4 is 0 Å². The van der Waals surface area contributed by atoms with Crippen LogP contribution in [0.15, 0.2) is 24.3 Å². The van der Waals surface area contributed by atoms with Crippen molar-refractivity contribution in [1.82, 2.24) is 9.80 Å². The number of morpholine rings is 2. The average Bonchev–Trinajstić information content (AvgIpc) is 2.55. The quantitative estimate of drug-likeness (QED) is 0.846. The molecule has 0 spiro atoms. The fourth-order valence-electron chi connectivity index (χ4n) is 3.39. The van der Waals surface area contributed by atoms with Crippen LogP contribution in [0.5, 0.6) is 0 Å². The van der Waals surface area contributed by atoms with E-state index in [4.69, 9.17) is 9.47 Å². The summed E-state index contributed by atoms with van der Waals surface area (Å²) in [6, 6.07) is 8.54. The van der Waals surface area contributed by atoms with E-state index in [1.807, 2.05) is 11.8 Å². The Bertz CT molecular complexity index is 557. The van der Waals surface area contributed by atoms with Gasteiger partial charge in [-0.15, -0.1) is 0 Å². The maximum atomic E-state index is 12.8. The van der Waals surface area contributed by atoms with E-state index in [1.54, 1.807) is 0 Å². The lowest BCUT2D eigenvalue weighted by Gasteiger charge is -2.42. The van der Waals surface area contributed by atoms with Crippen LogP contribution in [0.25, 0.3) is 0 Å². The summed E-state index contributed by atoms with van der Waals surface area (Å²) in [6.07, 6.45) is 0. The van der Waals surface area contributed by atoms with E-state index in [-0.39, 0.29) is 5.91 Å². The minimum absolute atomic E-state index is 0.0924. The summed E-state index contributed by atoms with van der Waals surface area (Å²) in [5.74, 6) is 0.0924. The first-order valence-electron chi connectivity index (χ1n) is 8.36. The molecule has 1 aromatic carbocycles. The number of amides is 1. The molecule has 0 aromatic heterocycles. The van der Waals surface area contributed by atoms with Crippen molar-refractivity contribution in [2.24, 2.45) is 0 Å². The smallest absolute Gasteiger partial charge is 0.256 e. The Morgan fingerprint density at radius 2 is 2.00 bits per heavy atom. The number of hydrogen-bond donors (Lipinski definition) is 0. The Hall–Kier alpha value is -1.43. The minimum Gasteiger partial charge on any atom is -0.378 e. The number of aryl methyl sites for hydroxylation is 1. The van der Waals surface area contributed by atoms with Gasteiger partial charge in [0.1, 0.15) is 0 Å². The number of nitrogens with zero attached hydrogens (tertiary/aromatic N) is 2.